The minimum absolute atomic E-state index is 0.134. The van der Waals surface area contributed by atoms with Crippen LogP contribution in [0.3, 0.4) is 0 Å². The maximum Gasteiger partial charge on any atom is 0.258 e. The zero-order chi connectivity index (χ0) is 19.2. The lowest BCUT2D eigenvalue weighted by Gasteiger charge is -2.20. The highest BCUT2D eigenvalue weighted by Gasteiger charge is 2.13. The number of nitrogens with one attached hydrogen (secondary N) is 1. The predicted octanol–water partition coefficient (Wildman–Crippen LogP) is 2.16. The first-order chi connectivity index (χ1) is 13.1. The Balaban J connectivity index is 1.70. The molecule has 0 aliphatic rings. The number of fused-ring (bicyclic) bond motifs is 1. The second kappa shape index (κ2) is 8.46. The number of carbonyl (C=O) groups excluding carboxylic acids is 1. The molecule has 7 nitrogen and oxygen atoms in total. The van der Waals surface area contributed by atoms with Gasteiger partial charge in [-0.05, 0) is 30.8 Å². The molecule has 0 fully saturated rings. The van der Waals surface area contributed by atoms with Crippen LogP contribution in [0.5, 0.6) is 5.75 Å². The van der Waals surface area contributed by atoms with E-state index in [2.05, 4.69) is 10.3 Å². The fourth-order valence-corrected chi connectivity index (χ4v) is 2.83. The van der Waals surface area contributed by atoms with E-state index in [9.17, 15) is 9.59 Å². The number of hydrogen-bond donors (Lipinski definition) is 1. The van der Waals surface area contributed by atoms with E-state index >= 15 is 0 Å². The van der Waals surface area contributed by atoms with Crippen LogP contribution in [0.1, 0.15) is 12.6 Å². The highest BCUT2D eigenvalue weighted by atomic mass is 16.5. The average Bonchev–Trinajstić information content (AvgIpc) is 2.68. The molecule has 1 N–H and O–H groups in total. The molecule has 1 aromatic carbocycles. The van der Waals surface area contributed by atoms with E-state index in [0.717, 1.165) is 0 Å². The molecule has 0 atom stereocenters. The number of anilines is 1. The molecule has 3 rings (SSSR count). The molecule has 0 radical (unpaired) electrons. The zero-order valence-corrected chi connectivity index (χ0v) is 15.4. The Morgan fingerprint density at radius 2 is 2.00 bits per heavy atom. The van der Waals surface area contributed by atoms with E-state index in [0.29, 0.717) is 35.9 Å². The van der Waals surface area contributed by atoms with Crippen molar-refractivity contribution in [2.75, 3.05) is 25.5 Å². The lowest BCUT2D eigenvalue weighted by atomic mass is 10.3. The summed E-state index contributed by atoms with van der Waals surface area (Å²) in [5.74, 6) is 0.456. The van der Waals surface area contributed by atoms with Gasteiger partial charge in [0.05, 0.1) is 25.0 Å². The molecule has 0 saturated carbocycles. The van der Waals surface area contributed by atoms with Crippen LogP contribution in [0, 0.1) is 0 Å². The van der Waals surface area contributed by atoms with Crippen molar-refractivity contribution in [3.63, 3.8) is 0 Å². The van der Waals surface area contributed by atoms with Gasteiger partial charge in [0.15, 0.2) is 0 Å². The third-order valence-electron chi connectivity index (χ3n) is 4.21. The fourth-order valence-electron chi connectivity index (χ4n) is 2.83. The molecule has 2 heterocycles. The highest BCUT2D eigenvalue weighted by molar-refractivity contribution is 5.93. The van der Waals surface area contributed by atoms with E-state index in [-0.39, 0.29) is 18.0 Å². The Kier molecular flexibility index (Phi) is 5.83. The van der Waals surface area contributed by atoms with Gasteiger partial charge in [-0.1, -0.05) is 25.1 Å². The van der Waals surface area contributed by atoms with E-state index in [1.165, 1.54) is 10.5 Å². The van der Waals surface area contributed by atoms with Gasteiger partial charge in [-0.3, -0.25) is 18.9 Å². The summed E-state index contributed by atoms with van der Waals surface area (Å²) in [6.45, 7) is 3.21. The number of carbonyl (C=O) groups is 1. The van der Waals surface area contributed by atoms with Gasteiger partial charge >= 0.3 is 0 Å². The Morgan fingerprint density at radius 3 is 2.78 bits per heavy atom. The minimum Gasteiger partial charge on any atom is -0.495 e. The summed E-state index contributed by atoms with van der Waals surface area (Å²) in [7, 11) is 1.56. The zero-order valence-electron chi connectivity index (χ0n) is 15.4. The molecule has 2 aromatic heterocycles. The number of nitrogens with zero attached hydrogens (tertiary/aromatic N) is 3. The first kappa shape index (κ1) is 18.6. The maximum absolute atomic E-state index is 12.4. The summed E-state index contributed by atoms with van der Waals surface area (Å²) in [6.07, 6.45) is 1.69. The van der Waals surface area contributed by atoms with Crippen molar-refractivity contribution in [1.29, 1.82) is 0 Å². The largest absolute Gasteiger partial charge is 0.495 e. The molecule has 7 heteroatoms. The number of benzene rings is 1. The van der Waals surface area contributed by atoms with Crippen molar-refractivity contribution in [3.8, 4) is 5.75 Å². The second-order valence-corrected chi connectivity index (χ2v) is 6.07. The molecule has 27 heavy (non-hydrogen) atoms. The summed E-state index contributed by atoms with van der Waals surface area (Å²) in [5.41, 5.74) is 1.72. The number of methoxy groups -OCH3 is 1. The van der Waals surface area contributed by atoms with Crippen LogP contribution in [-0.2, 0) is 11.3 Å². The lowest BCUT2D eigenvalue weighted by Crippen LogP contribution is -2.33. The number of hydrogen-bond acceptors (Lipinski definition) is 5. The third-order valence-corrected chi connectivity index (χ3v) is 4.21. The van der Waals surface area contributed by atoms with Crippen LogP contribution in [0.15, 0.2) is 59.5 Å². The van der Waals surface area contributed by atoms with Crippen molar-refractivity contribution in [2.45, 2.75) is 13.5 Å². The first-order valence-corrected chi connectivity index (χ1v) is 8.73. The number of ether oxygens (including phenoxy) is 1. The van der Waals surface area contributed by atoms with Crippen LogP contribution < -0.4 is 15.6 Å². The lowest BCUT2D eigenvalue weighted by molar-refractivity contribution is -0.117. The van der Waals surface area contributed by atoms with Gasteiger partial charge in [0, 0.05) is 18.8 Å². The maximum atomic E-state index is 12.4. The number of amides is 1. The average molecular weight is 366 g/mol. The van der Waals surface area contributed by atoms with Crippen LogP contribution in [0.25, 0.3) is 5.65 Å². The second-order valence-electron chi connectivity index (χ2n) is 6.07. The van der Waals surface area contributed by atoms with E-state index in [1.54, 1.807) is 37.6 Å². The van der Waals surface area contributed by atoms with Crippen LogP contribution in [0.4, 0.5) is 5.69 Å². The van der Waals surface area contributed by atoms with E-state index in [4.69, 9.17) is 4.74 Å². The number of likely N-dealkylation sites (N-methyl/N-ethyl adjacent to an activating group) is 1. The van der Waals surface area contributed by atoms with Gasteiger partial charge < -0.3 is 10.1 Å². The van der Waals surface area contributed by atoms with Crippen molar-refractivity contribution >= 4 is 17.2 Å². The van der Waals surface area contributed by atoms with Crippen molar-refractivity contribution in [3.05, 3.63) is 70.8 Å². The summed E-state index contributed by atoms with van der Waals surface area (Å²) < 4.78 is 6.75. The molecule has 0 saturated heterocycles. The van der Waals surface area contributed by atoms with Crippen molar-refractivity contribution in [1.82, 2.24) is 14.3 Å². The molecular weight excluding hydrogens is 344 g/mol. The van der Waals surface area contributed by atoms with Gasteiger partial charge in [-0.25, -0.2) is 4.98 Å². The number of pyridine rings is 1. The Morgan fingerprint density at radius 1 is 1.22 bits per heavy atom. The SMILES string of the molecule is CCN(CC(=O)Nc1ccccc1OC)Cc1cc(=O)n2ccccc2n1. The van der Waals surface area contributed by atoms with Gasteiger partial charge in [0.2, 0.25) is 5.91 Å². The topological polar surface area (TPSA) is 75.9 Å². The van der Waals surface area contributed by atoms with Crippen molar-refractivity contribution in [2.24, 2.45) is 0 Å². The number of aromatic nitrogens is 2. The van der Waals surface area contributed by atoms with Crippen molar-refractivity contribution < 1.29 is 9.53 Å². The van der Waals surface area contributed by atoms with Crippen LogP contribution >= 0.6 is 0 Å². The minimum atomic E-state index is -0.154. The summed E-state index contributed by atoms with van der Waals surface area (Å²) in [6, 6.07) is 14.2. The summed E-state index contributed by atoms with van der Waals surface area (Å²) in [5, 5.41) is 2.86. The molecule has 0 aliphatic heterocycles. The molecular formula is C20H22N4O3. The summed E-state index contributed by atoms with van der Waals surface area (Å²) >= 11 is 0. The standard InChI is InChI=1S/C20H22N4O3/c1-3-23(14-19(25)22-16-8-4-5-9-17(16)27-2)13-15-12-20(26)24-11-7-6-10-18(24)21-15/h4-12H,3,13-14H2,1-2H3,(H,22,25). The van der Waals surface area contributed by atoms with Crippen LogP contribution in [0.2, 0.25) is 0 Å². The molecule has 0 unspecified atom stereocenters. The Labute approximate surface area is 157 Å². The molecule has 140 valence electrons. The fraction of sp³-hybridized carbons (Fsp3) is 0.250. The number of rotatable bonds is 7. The van der Waals surface area contributed by atoms with Gasteiger partial charge in [-0.15, -0.1) is 0 Å². The summed E-state index contributed by atoms with van der Waals surface area (Å²) in [4.78, 5) is 31.1. The van der Waals surface area contributed by atoms with Gasteiger partial charge in [-0.2, -0.15) is 0 Å². The van der Waals surface area contributed by atoms with Crippen LogP contribution in [-0.4, -0.2) is 40.4 Å². The third kappa shape index (κ3) is 4.51. The first-order valence-electron chi connectivity index (χ1n) is 8.73. The van der Waals surface area contributed by atoms with Gasteiger partial charge in [0.1, 0.15) is 11.4 Å². The van der Waals surface area contributed by atoms with Gasteiger partial charge in [0.25, 0.3) is 5.56 Å². The van der Waals surface area contributed by atoms with E-state index < -0.39 is 0 Å². The predicted molar refractivity (Wildman–Crippen MR) is 104 cm³/mol. The quantitative estimate of drug-likeness (QED) is 0.693. The number of para-hydroxylation sites is 2. The van der Waals surface area contributed by atoms with E-state index in [1.807, 2.05) is 30.0 Å². The Bertz CT molecular complexity index is 1000. The monoisotopic (exact) mass is 366 g/mol. The Hall–Kier alpha value is -3.19. The molecule has 0 bridgehead atoms. The smallest absolute Gasteiger partial charge is 0.258 e. The molecule has 0 aliphatic carbocycles. The molecule has 1 amide bonds. The molecule has 3 aromatic rings. The normalized spacial score (nSPS) is 10.9. The highest BCUT2D eigenvalue weighted by Crippen LogP contribution is 2.22. The molecule has 0 spiro atoms.